The van der Waals surface area contributed by atoms with Crippen LogP contribution in [0.2, 0.25) is 6.22 Å². The number of benzene rings is 13. The van der Waals surface area contributed by atoms with Crippen molar-refractivity contribution >= 4 is 58.7 Å². The Hall–Kier alpha value is -10.3. The first-order chi connectivity index (χ1) is 61.6. The predicted molar refractivity (Wildman–Crippen MR) is 533 cm³/mol. The van der Waals surface area contributed by atoms with E-state index in [1.807, 2.05) is 170 Å². The van der Waals surface area contributed by atoms with Gasteiger partial charge in [-0.3, -0.25) is 0 Å². The molecule has 5 aliphatic rings. The Morgan fingerprint density at radius 2 is 0.488 bits per heavy atom. The van der Waals surface area contributed by atoms with Crippen LogP contribution in [0.4, 0.5) is 0 Å². The second-order valence-corrected chi connectivity index (χ2v) is 37.7. The van der Waals surface area contributed by atoms with Crippen molar-refractivity contribution in [2.45, 2.75) is 136 Å². The van der Waals surface area contributed by atoms with E-state index >= 15 is 0 Å². The second-order valence-electron chi connectivity index (χ2n) is 35.8. The first-order valence-electron chi connectivity index (χ1n) is 43.8. The summed E-state index contributed by atoms with van der Waals surface area (Å²) in [5.41, 5.74) is 27.5. The molecule has 6 heterocycles. The van der Waals surface area contributed by atoms with Crippen LogP contribution in [0.15, 0.2) is 367 Å². The molecule has 3 aliphatic heterocycles. The summed E-state index contributed by atoms with van der Waals surface area (Å²) >= 11 is 7.00. The Balaban J connectivity index is 0.000000129. The van der Waals surface area contributed by atoms with Crippen LogP contribution >= 0.6 is 31.9 Å². The largest absolute Gasteiger partial charge is 1.00 e. The molecule has 0 spiro atoms. The summed E-state index contributed by atoms with van der Waals surface area (Å²) in [6.45, 7) is 24.7. The SMILES string of the molecule is Brc1ccc(-c2nc(-c3ccccc3)cc(-c3ccccc3)n2)cc1.Brc1ccc2c(c1)-c1ccccc1C2.CC1(C)OB(CB2OC(C)(C)C(C)(C)O2)OC1(C)C.CC1(C)OB(c2ccc(-c3nc(-c4ccccc4)cc(-c4ccccc4)n3)cc2)OC1(C)C.[H-].[K+].c1ccc(-c2cc(-c3ccccc3)nc(-c3ccc(-c4ccc5c(c4)-c4ccccc4C5)cc3)n2)cc1. The zero-order chi connectivity index (χ0) is 89.0. The summed E-state index contributed by atoms with van der Waals surface area (Å²) < 4.78 is 38.5. The van der Waals surface area contributed by atoms with E-state index in [9.17, 15) is 0 Å². The molecule has 0 bridgehead atoms. The van der Waals surface area contributed by atoms with Crippen molar-refractivity contribution in [3.05, 3.63) is 389 Å². The van der Waals surface area contributed by atoms with E-state index in [-0.39, 0.29) is 108 Å². The van der Waals surface area contributed by atoms with Gasteiger partial charge in [0.25, 0.3) is 0 Å². The van der Waals surface area contributed by atoms with Crippen molar-refractivity contribution in [2.24, 2.45) is 0 Å². The van der Waals surface area contributed by atoms with Crippen molar-refractivity contribution in [3.63, 3.8) is 0 Å². The molecule has 13 aromatic carbocycles. The molecule has 129 heavy (non-hydrogen) atoms. The van der Waals surface area contributed by atoms with Crippen LogP contribution in [0, 0.1) is 0 Å². The molecule has 21 rings (SSSR count). The van der Waals surface area contributed by atoms with Crippen LogP contribution in [-0.4, -0.2) is 84.9 Å². The molecule has 2 aliphatic carbocycles. The van der Waals surface area contributed by atoms with Crippen molar-refractivity contribution < 1.29 is 80.7 Å². The van der Waals surface area contributed by atoms with Gasteiger partial charge in [-0.15, -0.1) is 0 Å². The molecule has 3 saturated heterocycles. The van der Waals surface area contributed by atoms with E-state index in [0.29, 0.717) is 12.0 Å². The Morgan fingerprint density at radius 1 is 0.240 bits per heavy atom. The van der Waals surface area contributed by atoms with Crippen LogP contribution < -0.4 is 56.8 Å². The number of hydrogen-bond donors (Lipinski definition) is 0. The third-order valence-electron chi connectivity index (χ3n) is 25.4. The summed E-state index contributed by atoms with van der Waals surface area (Å²) in [5, 5.41) is 0. The van der Waals surface area contributed by atoms with Gasteiger partial charge in [-0.1, -0.05) is 341 Å². The quantitative estimate of drug-likeness (QED) is 0.102. The minimum Gasteiger partial charge on any atom is -1.00 e. The van der Waals surface area contributed by atoms with Gasteiger partial charge in [0, 0.05) is 65.2 Å². The molecule has 3 fully saturated rings. The first-order valence-corrected chi connectivity index (χ1v) is 45.3. The maximum Gasteiger partial charge on any atom is 1.00 e. The predicted octanol–water partition coefficient (Wildman–Crippen LogP) is 24.6. The van der Waals surface area contributed by atoms with E-state index < -0.39 is 0 Å². The number of halogens is 2. The molecular formula is C111H102B3Br2KN6O6. The number of rotatable bonds is 13. The number of nitrogens with zero attached hydrogens (tertiary/aromatic N) is 6. The van der Waals surface area contributed by atoms with Gasteiger partial charge in [-0.2, -0.15) is 0 Å². The zero-order valence-corrected chi connectivity index (χ0v) is 81.6. The van der Waals surface area contributed by atoms with E-state index in [1.54, 1.807) is 0 Å². The minimum absolute atomic E-state index is 0. The minimum atomic E-state index is -0.388. The van der Waals surface area contributed by atoms with Crippen LogP contribution in [0.1, 0.15) is 107 Å². The molecule has 16 aromatic rings. The van der Waals surface area contributed by atoms with E-state index in [4.69, 9.17) is 57.8 Å². The molecule has 0 unspecified atom stereocenters. The monoisotopic (exact) mass is 1840 g/mol. The van der Waals surface area contributed by atoms with Crippen molar-refractivity contribution in [2.75, 3.05) is 0 Å². The summed E-state index contributed by atoms with van der Waals surface area (Å²) in [7, 11) is -0.945. The molecule has 0 atom stereocenters. The van der Waals surface area contributed by atoms with Gasteiger partial charge in [-0.05, 0) is 206 Å². The molecule has 0 amide bonds. The van der Waals surface area contributed by atoms with E-state index in [0.717, 1.165) is 123 Å². The van der Waals surface area contributed by atoms with Gasteiger partial charge in [0.15, 0.2) is 17.5 Å². The van der Waals surface area contributed by atoms with Crippen molar-refractivity contribution in [1.82, 2.24) is 29.9 Å². The van der Waals surface area contributed by atoms with Crippen molar-refractivity contribution in [3.8, 4) is 135 Å². The molecule has 0 saturated carbocycles. The third kappa shape index (κ3) is 21.2. The van der Waals surface area contributed by atoms with Crippen LogP contribution in [-0.2, 0) is 40.8 Å². The average Bonchev–Trinajstić information content (AvgIpc) is 1.64. The summed E-state index contributed by atoms with van der Waals surface area (Å²) in [6.07, 6.45) is 2.70. The zero-order valence-electron chi connectivity index (χ0n) is 76.3. The van der Waals surface area contributed by atoms with Gasteiger partial charge >= 0.3 is 72.7 Å². The summed E-state index contributed by atoms with van der Waals surface area (Å²) in [6, 6.07) is 123. The summed E-state index contributed by atoms with van der Waals surface area (Å²) in [4.78, 5) is 29.3. The smallest absolute Gasteiger partial charge is 1.00 e. The molecule has 0 radical (unpaired) electrons. The first kappa shape index (κ1) is 91.9. The van der Waals surface area contributed by atoms with Gasteiger partial charge in [0.05, 0.1) is 67.8 Å². The molecule has 12 nitrogen and oxygen atoms in total. The normalized spacial score (nSPS) is 15.6. The number of aromatic nitrogens is 6. The Labute approximate surface area is 821 Å². The van der Waals surface area contributed by atoms with Crippen molar-refractivity contribution in [1.29, 1.82) is 0 Å². The maximum absolute atomic E-state index is 6.20. The fraction of sp³-hybridized carbons (Fsp3) is 0.189. The van der Waals surface area contributed by atoms with Gasteiger partial charge in [-0.25, -0.2) is 29.9 Å². The molecule has 0 N–H and O–H groups in total. The third-order valence-corrected chi connectivity index (χ3v) is 26.4. The fourth-order valence-electron chi connectivity index (χ4n) is 16.1. The van der Waals surface area contributed by atoms with Crippen LogP contribution in [0.3, 0.4) is 0 Å². The fourth-order valence-corrected chi connectivity index (χ4v) is 16.8. The number of fused-ring (bicyclic) bond motifs is 6. The van der Waals surface area contributed by atoms with Crippen LogP contribution in [0.25, 0.3) is 135 Å². The van der Waals surface area contributed by atoms with Gasteiger partial charge in [0.2, 0.25) is 0 Å². The Morgan fingerprint density at radius 3 is 0.822 bits per heavy atom. The van der Waals surface area contributed by atoms with Gasteiger partial charge in [0.1, 0.15) is 0 Å². The molecule has 3 aromatic heterocycles. The van der Waals surface area contributed by atoms with Gasteiger partial charge < -0.3 is 29.4 Å². The number of hydrogen-bond acceptors (Lipinski definition) is 12. The molecule has 18 heteroatoms. The second kappa shape index (κ2) is 39.4. The van der Waals surface area contributed by atoms with E-state index in [2.05, 4.69) is 303 Å². The molecule has 636 valence electrons. The average molecular weight is 1850 g/mol. The Kier molecular flexibility index (Phi) is 28.1. The van der Waals surface area contributed by atoms with E-state index in [1.165, 1.54) is 55.6 Å². The molecular weight excluding hydrogens is 1740 g/mol. The Bertz CT molecular complexity index is 6340. The standard InChI is InChI=1S/C35H24N2.C28H27BN2O2.C22H15BrN2.C13H26B2O4.C13H9Br.K.H/c1-3-9-25(10-4-1)33-23-34(26-11-5-2-6-12-26)37-35(36-33)27-17-15-24(16-18-27)28-19-20-30-21-29-13-7-8-14-31(29)32(30)22-28;1-27(2)28(3,4)33-29(32-27)23-17-15-22(16-18-23)26-30-24(20-11-7-5-8-12-20)19-25(31-26)21-13-9-6-10-14-21;23-19-13-11-18(12-14-19)22-24-20(16-7-3-1-4-8-16)15-21(25-22)17-9-5-2-6-10-17;1-10(2)11(3,4)17-14(16-10)9-15-18-12(5,6)13(7,8)19-15;14-11-6-5-10-7-9-3-1-2-4-12(9)13(10)8-11;;/h1-20,22-23H,21H2;5-19H,1-4H3;1-15H;9H2,1-8H3;1-6,8H,7H2;;/q;;;;;+1;-1. The van der Waals surface area contributed by atoms with Crippen LogP contribution in [0.5, 0.6) is 0 Å². The summed E-state index contributed by atoms with van der Waals surface area (Å²) in [5.74, 6) is 2.15. The topological polar surface area (TPSA) is 133 Å². The maximum atomic E-state index is 6.20.